The van der Waals surface area contributed by atoms with Gasteiger partial charge in [0, 0.05) is 13.5 Å². The van der Waals surface area contributed by atoms with E-state index in [0.29, 0.717) is 6.42 Å². The van der Waals surface area contributed by atoms with Gasteiger partial charge in [0.1, 0.15) is 6.10 Å². The Hall–Kier alpha value is -0.160. The second-order valence-corrected chi connectivity index (χ2v) is 2.81. The first-order valence-electron chi connectivity index (χ1n) is 3.69. The van der Waals surface area contributed by atoms with Crippen molar-refractivity contribution in [3.63, 3.8) is 0 Å². The fraction of sp³-hybridized carbons (Fsp3) is 1.00. The Balaban J connectivity index is 2.50. The Morgan fingerprint density at radius 3 is 2.64 bits per heavy atom. The van der Waals surface area contributed by atoms with E-state index in [-0.39, 0.29) is 6.10 Å². The predicted molar refractivity (Wildman–Crippen MR) is 38.0 cm³/mol. The molecule has 1 saturated heterocycles. The van der Waals surface area contributed by atoms with Crippen LogP contribution in [0.2, 0.25) is 0 Å². The van der Waals surface area contributed by atoms with Gasteiger partial charge in [-0.3, -0.25) is 0 Å². The first-order valence-corrected chi connectivity index (χ1v) is 3.69. The van der Waals surface area contributed by atoms with E-state index in [0.717, 1.165) is 0 Å². The molecule has 0 aromatic heterocycles. The quantitative estimate of drug-likeness (QED) is 0.574. The fourth-order valence-corrected chi connectivity index (χ4v) is 1.31. The summed E-state index contributed by atoms with van der Waals surface area (Å²) in [6.07, 6.45) is -1.54. The summed E-state index contributed by atoms with van der Waals surface area (Å²) in [5, 5.41) is 18.2. The second kappa shape index (κ2) is 3.49. The average Bonchev–Trinajstić information content (AvgIpc) is 2.30. The van der Waals surface area contributed by atoms with Crippen LogP contribution < -0.4 is 0 Å². The highest BCUT2D eigenvalue weighted by atomic mass is 16.6. The lowest BCUT2D eigenvalue weighted by atomic mass is 10.1. The van der Waals surface area contributed by atoms with Gasteiger partial charge in [0.2, 0.25) is 0 Å². The molecule has 1 rings (SSSR count). The fourth-order valence-electron chi connectivity index (χ4n) is 1.31. The third-order valence-electron chi connectivity index (χ3n) is 1.89. The largest absolute Gasteiger partial charge is 0.391 e. The summed E-state index contributed by atoms with van der Waals surface area (Å²) in [5.74, 6) is 0. The van der Waals surface area contributed by atoms with Gasteiger partial charge in [-0.15, -0.1) is 0 Å². The highest BCUT2D eigenvalue weighted by molar-refractivity contribution is 4.82. The normalized spacial score (nSPS) is 40.9. The number of ether oxygens (including phenoxy) is 2. The van der Waals surface area contributed by atoms with Crippen molar-refractivity contribution >= 4 is 0 Å². The van der Waals surface area contributed by atoms with E-state index in [2.05, 4.69) is 0 Å². The molecule has 0 amide bonds. The number of hydrogen-bond donors (Lipinski definition) is 2. The average molecular weight is 162 g/mol. The zero-order valence-corrected chi connectivity index (χ0v) is 6.73. The SMILES string of the molecule is CO[C@@H]1C[C@@H](O)O[C@H]1[C@H](C)O. The molecule has 1 aliphatic heterocycles. The monoisotopic (exact) mass is 162 g/mol. The van der Waals surface area contributed by atoms with Gasteiger partial charge in [0.25, 0.3) is 0 Å². The molecule has 2 N–H and O–H groups in total. The van der Waals surface area contributed by atoms with Crippen molar-refractivity contribution in [2.75, 3.05) is 7.11 Å². The minimum absolute atomic E-state index is 0.190. The van der Waals surface area contributed by atoms with Crippen LogP contribution in [0.25, 0.3) is 0 Å². The molecule has 0 saturated carbocycles. The topological polar surface area (TPSA) is 58.9 Å². The van der Waals surface area contributed by atoms with Gasteiger partial charge in [-0.25, -0.2) is 0 Å². The highest BCUT2D eigenvalue weighted by Crippen LogP contribution is 2.23. The maximum atomic E-state index is 9.16. The second-order valence-electron chi connectivity index (χ2n) is 2.81. The van der Waals surface area contributed by atoms with Gasteiger partial charge in [-0.1, -0.05) is 0 Å². The molecule has 4 nitrogen and oxygen atoms in total. The van der Waals surface area contributed by atoms with Gasteiger partial charge in [0.05, 0.1) is 12.2 Å². The van der Waals surface area contributed by atoms with E-state index >= 15 is 0 Å². The summed E-state index contributed by atoms with van der Waals surface area (Å²) in [4.78, 5) is 0. The smallest absolute Gasteiger partial charge is 0.157 e. The van der Waals surface area contributed by atoms with Crippen molar-refractivity contribution < 1.29 is 19.7 Å². The van der Waals surface area contributed by atoms with Gasteiger partial charge in [-0.05, 0) is 6.92 Å². The lowest BCUT2D eigenvalue weighted by molar-refractivity contribution is -0.128. The van der Waals surface area contributed by atoms with E-state index in [9.17, 15) is 0 Å². The molecule has 0 aromatic rings. The van der Waals surface area contributed by atoms with Crippen molar-refractivity contribution in [1.82, 2.24) is 0 Å². The van der Waals surface area contributed by atoms with Crippen LogP contribution in [0.4, 0.5) is 0 Å². The minimum atomic E-state index is -0.792. The van der Waals surface area contributed by atoms with E-state index in [4.69, 9.17) is 19.7 Å². The zero-order chi connectivity index (χ0) is 8.43. The maximum absolute atomic E-state index is 9.16. The number of hydrogen-bond acceptors (Lipinski definition) is 4. The van der Waals surface area contributed by atoms with Gasteiger partial charge in [-0.2, -0.15) is 0 Å². The Morgan fingerprint density at radius 2 is 2.27 bits per heavy atom. The number of aliphatic hydroxyl groups excluding tert-OH is 2. The summed E-state index contributed by atoms with van der Waals surface area (Å²) in [5.41, 5.74) is 0. The number of aliphatic hydroxyl groups is 2. The van der Waals surface area contributed by atoms with E-state index in [1.54, 1.807) is 14.0 Å². The molecule has 0 bridgehead atoms. The zero-order valence-electron chi connectivity index (χ0n) is 6.73. The predicted octanol–water partition coefficient (Wildman–Crippen LogP) is -0.510. The van der Waals surface area contributed by atoms with Crippen LogP contribution >= 0.6 is 0 Å². The molecule has 66 valence electrons. The Labute approximate surface area is 65.7 Å². The molecule has 0 spiro atoms. The number of methoxy groups -OCH3 is 1. The molecule has 1 fully saturated rings. The van der Waals surface area contributed by atoms with Crippen molar-refractivity contribution in [3.8, 4) is 0 Å². The Bertz CT molecular complexity index is 126. The summed E-state index contributed by atoms with van der Waals surface area (Å²) in [6.45, 7) is 1.62. The van der Waals surface area contributed by atoms with Crippen molar-refractivity contribution in [3.05, 3.63) is 0 Å². The van der Waals surface area contributed by atoms with Crippen LogP contribution in [0.5, 0.6) is 0 Å². The number of rotatable bonds is 2. The van der Waals surface area contributed by atoms with Crippen LogP contribution in [-0.4, -0.2) is 41.9 Å². The van der Waals surface area contributed by atoms with Gasteiger partial charge < -0.3 is 19.7 Å². The summed E-state index contributed by atoms with van der Waals surface area (Å²) < 4.78 is 10.0. The lowest BCUT2D eigenvalue weighted by Gasteiger charge is -2.18. The minimum Gasteiger partial charge on any atom is -0.391 e. The van der Waals surface area contributed by atoms with E-state index in [1.165, 1.54) is 0 Å². The Morgan fingerprint density at radius 1 is 1.64 bits per heavy atom. The van der Waals surface area contributed by atoms with Crippen LogP contribution in [-0.2, 0) is 9.47 Å². The molecular weight excluding hydrogens is 148 g/mol. The summed E-state index contributed by atoms with van der Waals surface area (Å²) in [7, 11) is 1.54. The van der Waals surface area contributed by atoms with Crippen LogP contribution in [0.1, 0.15) is 13.3 Å². The lowest BCUT2D eigenvalue weighted by Crippen LogP contribution is -2.33. The van der Waals surface area contributed by atoms with Crippen molar-refractivity contribution in [2.24, 2.45) is 0 Å². The summed E-state index contributed by atoms with van der Waals surface area (Å²) >= 11 is 0. The molecule has 4 atom stereocenters. The molecule has 4 heteroatoms. The summed E-state index contributed by atoms with van der Waals surface area (Å²) in [6, 6.07) is 0. The molecule has 0 aliphatic carbocycles. The molecule has 0 aromatic carbocycles. The molecule has 11 heavy (non-hydrogen) atoms. The van der Waals surface area contributed by atoms with Crippen LogP contribution in [0.3, 0.4) is 0 Å². The van der Waals surface area contributed by atoms with E-state index in [1.807, 2.05) is 0 Å². The van der Waals surface area contributed by atoms with Crippen molar-refractivity contribution in [2.45, 2.75) is 37.9 Å². The standard InChI is InChI=1S/C7H14O4/c1-4(8)7-5(10-2)3-6(9)11-7/h4-9H,3H2,1-2H3/t4-,5+,6-,7-/m0/s1. The first kappa shape index (κ1) is 8.93. The highest BCUT2D eigenvalue weighted by Gasteiger charge is 2.37. The third kappa shape index (κ3) is 1.90. The van der Waals surface area contributed by atoms with Crippen LogP contribution in [0, 0.1) is 0 Å². The van der Waals surface area contributed by atoms with E-state index < -0.39 is 18.5 Å². The molecule has 1 heterocycles. The first-order chi connectivity index (χ1) is 5.15. The molecular formula is C7H14O4. The molecule has 0 unspecified atom stereocenters. The van der Waals surface area contributed by atoms with Crippen molar-refractivity contribution in [1.29, 1.82) is 0 Å². The molecule has 1 aliphatic rings. The third-order valence-corrected chi connectivity index (χ3v) is 1.89. The molecule has 0 radical (unpaired) electrons. The van der Waals surface area contributed by atoms with Gasteiger partial charge in [0.15, 0.2) is 6.29 Å². The van der Waals surface area contributed by atoms with Gasteiger partial charge >= 0.3 is 0 Å². The Kier molecular flexibility index (Phi) is 2.84. The maximum Gasteiger partial charge on any atom is 0.157 e. The van der Waals surface area contributed by atoms with Crippen LogP contribution in [0.15, 0.2) is 0 Å².